The summed E-state index contributed by atoms with van der Waals surface area (Å²) in [6.45, 7) is 2.98. The smallest absolute Gasteiger partial charge is 0.380 e. The number of carbonyl (C=O) groups is 2. The number of esters is 1. The molecule has 7 nitrogen and oxygen atoms in total. The molecular weight excluding hydrogens is 487 g/mol. The number of fused-ring (bicyclic) bond motifs is 1. The third-order valence-electron chi connectivity index (χ3n) is 7.28. The van der Waals surface area contributed by atoms with E-state index in [9.17, 15) is 27.9 Å². The highest BCUT2D eigenvalue weighted by atomic mass is 35.5. The second-order valence-corrected chi connectivity index (χ2v) is 9.87. The fraction of sp³-hybridized carbons (Fsp3) is 0.542. The van der Waals surface area contributed by atoms with E-state index < -0.39 is 29.2 Å². The molecule has 4 rings (SSSR count). The molecule has 0 bridgehead atoms. The lowest BCUT2D eigenvalue weighted by atomic mass is 9.87. The molecular formula is C24H27ClF3N3O4. The van der Waals surface area contributed by atoms with Crippen molar-refractivity contribution in [2.45, 2.75) is 57.0 Å². The molecule has 1 aromatic heterocycles. The fourth-order valence-corrected chi connectivity index (χ4v) is 5.69. The van der Waals surface area contributed by atoms with E-state index in [1.807, 2.05) is 0 Å². The first-order chi connectivity index (χ1) is 16.4. The zero-order chi connectivity index (χ0) is 25.7. The van der Waals surface area contributed by atoms with Crippen LogP contribution in [-0.2, 0) is 16.6 Å². The number of nitrogens with zero attached hydrogens (tertiary/aromatic N) is 2. The first kappa shape index (κ1) is 25.5. The van der Waals surface area contributed by atoms with Crippen LogP contribution in [0.5, 0.6) is 0 Å². The first-order valence-electron chi connectivity index (χ1n) is 11.4. The highest BCUT2D eigenvalue weighted by Gasteiger charge is 2.65. The van der Waals surface area contributed by atoms with Crippen molar-refractivity contribution in [3.05, 3.63) is 46.3 Å². The predicted octanol–water partition coefficient (Wildman–Crippen LogP) is 4.61. The molecule has 2 aromatic rings. The monoisotopic (exact) mass is 513 g/mol. The van der Waals surface area contributed by atoms with Gasteiger partial charge in [0.15, 0.2) is 0 Å². The van der Waals surface area contributed by atoms with E-state index in [0.717, 1.165) is 6.07 Å². The number of ether oxygens (including phenoxy) is 1. The summed E-state index contributed by atoms with van der Waals surface area (Å²) in [5.74, 6) is -6.83. The zero-order valence-electron chi connectivity index (χ0n) is 19.6. The van der Waals surface area contributed by atoms with Crippen molar-refractivity contribution in [2.75, 3.05) is 11.9 Å². The number of nitrogens with one attached hydrogen (secondary N) is 1. The molecule has 1 heterocycles. The molecule has 0 spiro atoms. The molecule has 0 radical (unpaired) electrons. The third kappa shape index (κ3) is 4.42. The molecule has 190 valence electrons. The predicted molar refractivity (Wildman–Crippen MR) is 122 cm³/mol. The largest absolute Gasteiger partial charge is 0.461 e. The average Bonchev–Trinajstić information content (AvgIpc) is 3.41. The number of amides is 1. The van der Waals surface area contributed by atoms with Crippen LogP contribution >= 0.6 is 11.6 Å². The number of halogens is 4. The third-order valence-corrected chi connectivity index (χ3v) is 7.57. The summed E-state index contributed by atoms with van der Waals surface area (Å²) >= 11 is 5.81. The van der Waals surface area contributed by atoms with Crippen LogP contribution in [-0.4, -0.2) is 44.7 Å². The van der Waals surface area contributed by atoms with Crippen molar-refractivity contribution in [2.24, 2.45) is 18.9 Å². The minimum absolute atomic E-state index is 0.125. The van der Waals surface area contributed by atoms with Crippen LogP contribution in [0.3, 0.4) is 0 Å². The van der Waals surface area contributed by atoms with Gasteiger partial charge in [-0.3, -0.25) is 4.79 Å². The highest BCUT2D eigenvalue weighted by molar-refractivity contribution is 6.31. The summed E-state index contributed by atoms with van der Waals surface area (Å²) in [4.78, 5) is 29.5. The van der Waals surface area contributed by atoms with Crippen LogP contribution in [0.2, 0.25) is 5.02 Å². The van der Waals surface area contributed by atoms with E-state index in [0.29, 0.717) is 35.7 Å². The van der Waals surface area contributed by atoms with Crippen LogP contribution in [0.15, 0.2) is 18.2 Å². The standard InChI is InChI=1S/C24H27ClF3N3O4/c1-4-35-22(33)24(27,28)23(34)10-14-7-13(8-15(14)11-23)19-20(31(3)12(2)29-19)21(32)30-16-5-6-18(26)17(25)9-16/h5-6,9,13-15,34H,4,7-8,10-11H2,1-3H3,(H,30,32). The molecule has 2 aliphatic rings. The minimum atomic E-state index is -3.99. The molecule has 2 saturated carbocycles. The number of imidazole rings is 1. The number of benzene rings is 1. The number of rotatable bonds is 6. The average molecular weight is 514 g/mol. The van der Waals surface area contributed by atoms with Gasteiger partial charge in [0.25, 0.3) is 5.91 Å². The maximum absolute atomic E-state index is 14.7. The van der Waals surface area contributed by atoms with Crippen molar-refractivity contribution < 1.29 is 32.6 Å². The number of aliphatic hydroxyl groups is 1. The van der Waals surface area contributed by atoms with Gasteiger partial charge in [0.1, 0.15) is 22.9 Å². The van der Waals surface area contributed by atoms with Gasteiger partial charge in [-0.15, -0.1) is 0 Å². The van der Waals surface area contributed by atoms with Crippen LogP contribution in [0, 0.1) is 24.6 Å². The number of aryl methyl sites for hydroxylation is 1. The van der Waals surface area contributed by atoms with Crippen molar-refractivity contribution in [3.63, 3.8) is 0 Å². The molecule has 2 N–H and O–H groups in total. The quantitative estimate of drug-likeness (QED) is 0.550. The van der Waals surface area contributed by atoms with Gasteiger partial charge in [-0.25, -0.2) is 14.2 Å². The van der Waals surface area contributed by atoms with E-state index >= 15 is 0 Å². The van der Waals surface area contributed by atoms with Gasteiger partial charge >= 0.3 is 11.9 Å². The molecule has 0 saturated heterocycles. The Balaban J connectivity index is 1.53. The Morgan fingerprint density at radius 2 is 1.94 bits per heavy atom. The molecule has 11 heteroatoms. The van der Waals surface area contributed by atoms with E-state index in [1.54, 1.807) is 18.5 Å². The van der Waals surface area contributed by atoms with Gasteiger partial charge < -0.3 is 19.7 Å². The molecule has 0 aliphatic heterocycles. The Bertz CT molecular complexity index is 1160. The summed E-state index contributed by atoms with van der Waals surface area (Å²) in [5.41, 5.74) is -1.27. The Hall–Kier alpha value is -2.59. The molecule has 2 aliphatic carbocycles. The van der Waals surface area contributed by atoms with Gasteiger partial charge in [0.2, 0.25) is 0 Å². The second kappa shape index (κ2) is 9.13. The van der Waals surface area contributed by atoms with Crippen LogP contribution in [0.1, 0.15) is 60.5 Å². The molecule has 1 aromatic carbocycles. The number of aromatic nitrogens is 2. The first-order valence-corrected chi connectivity index (χ1v) is 11.8. The van der Waals surface area contributed by atoms with Crippen molar-refractivity contribution in [1.29, 1.82) is 0 Å². The molecule has 1 amide bonds. The normalized spacial score (nSPS) is 26.0. The van der Waals surface area contributed by atoms with Crippen LogP contribution in [0.4, 0.5) is 18.9 Å². The minimum Gasteiger partial charge on any atom is -0.461 e. The lowest BCUT2D eigenvalue weighted by Crippen LogP contribution is -2.52. The summed E-state index contributed by atoms with van der Waals surface area (Å²) in [5, 5.41) is 13.3. The summed E-state index contributed by atoms with van der Waals surface area (Å²) in [6, 6.07) is 3.85. The second-order valence-electron chi connectivity index (χ2n) is 9.46. The maximum Gasteiger partial charge on any atom is 0.380 e. The maximum atomic E-state index is 14.7. The van der Waals surface area contributed by atoms with Crippen molar-refractivity contribution in [1.82, 2.24) is 9.55 Å². The van der Waals surface area contributed by atoms with Gasteiger partial charge in [0.05, 0.1) is 17.3 Å². The Morgan fingerprint density at radius 1 is 1.31 bits per heavy atom. The number of alkyl halides is 2. The molecule has 2 unspecified atom stereocenters. The highest BCUT2D eigenvalue weighted by Crippen LogP contribution is 2.57. The van der Waals surface area contributed by atoms with Crippen LogP contribution < -0.4 is 5.32 Å². The Kier molecular flexibility index (Phi) is 6.65. The van der Waals surface area contributed by atoms with Gasteiger partial charge in [-0.1, -0.05) is 11.6 Å². The fourth-order valence-electron chi connectivity index (χ4n) is 5.51. The number of anilines is 1. The van der Waals surface area contributed by atoms with Gasteiger partial charge in [-0.05, 0) is 69.6 Å². The number of carbonyl (C=O) groups excluding carboxylic acids is 2. The Labute approximate surface area is 205 Å². The number of hydrogen-bond donors (Lipinski definition) is 2. The molecule has 35 heavy (non-hydrogen) atoms. The van der Waals surface area contributed by atoms with Crippen LogP contribution in [0.25, 0.3) is 0 Å². The van der Waals surface area contributed by atoms with E-state index in [1.165, 1.54) is 19.1 Å². The summed E-state index contributed by atoms with van der Waals surface area (Å²) in [7, 11) is 1.70. The van der Waals surface area contributed by atoms with Gasteiger partial charge in [0, 0.05) is 18.7 Å². The lowest BCUT2D eigenvalue weighted by molar-refractivity contribution is -0.213. The van der Waals surface area contributed by atoms with E-state index in [-0.39, 0.29) is 42.2 Å². The topological polar surface area (TPSA) is 93.4 Å². The van der Waals surface area contributed by atoms with Crippen molar-refractivity contribution in [3.8, 4) is 0 Å². The number of hydrogen-bond acceptors (Lipinski definition) is 5. The zero-order valence-corrected chi connectivity index (χ0v) is 20.3. The van der Waals surface area contributed by atoms with Crippen molar-refractivity contribution >= 4 is 29.2 Å². The molecule has 2 fully saturated rings. The summed E-state index contributed by atoms with van der Waals surface area (Å²) in [6.07, 6.45) is 0.429. The van der Waals surface area contributed by atoms with Gasteiger partial charge in [-0.2, -0.15) is 8.78 Å². The van der Waals surface area contributed by atoms with E-state index in [4.69, 9.17) is 11.6 Å². The lowest BCUT2D eigenvalue weighted by Gasteiger charge is -2.31. The SMILES string of the molecule is CCOC(=O)C(F)(F)C1(O)CC2CC(c3nc(C)n(C)c3C(=O)Nc3ccc(F)c(Cl)c3)CC2C1. The van der Waals surface area contributed by atoms with E-state index in [2.05, 4.69) is 15.0 Å². The molecule has 2 atom stereocenters. The Morgan fingerprint density at radius 3 is 2.51 bits per heavy atom. The summed E-state index contributed by atoms with van der Waals surface area (Å²) < 4.78 is 49.0.